The number of hydrogen-bond acceptors (Lipinski definition) is 2. The van der Waals surface area contributed by atoms with Crippen LogP contribution in [0.2, 0.25) is 0 Å². The first-order valence-corrected chi connectivity index (χ1v) is 6.77. The van der Waals surface area contributed by atoms with E-state index in [0.717, 1.165) is 31.5 Å². The van der Waals surface area contributed by atoms with E-state index in [2.05, 4.69) is 32.9 Å². The van der Waals surface area contributed by atoms with Crippen LogP contribution < -0.4 is 0 Å². The lowest BCUT2D eigenvalue weighted by Crippen LogP contribution is -2.41. The van der Waals surface area contributed by atoms with Crippen molar-refractivity contribution in [2.75, 3.05) is 26.3 Å². The molecule has 0 radical (unpaired) electrons. The topological polar surface area (TPSA) is 29.5 Å². The second-order valence-electron chi connectivity index (χ2n) is 6.02. The third kappa shape index (κ3) is 3.02. The van der Waals surface area contributed by atoms with E-state index in [1.165, 1.54) is 5.57 Å². The summed E-state index contributed by atoms with van der Waals surface area (Å²) in [5.41, 5.74) is 2.40. The van der Waals surface area contributed by atoms with Crippen LogP contribution in [0.1, 0.15) is 33.6 Å². The van der Waals surface area contributed by atoms with E-state index in [4.69, 9.17) is 4.74 Å². The van der Waals surface area contributed by atoms with Crippen molar-refractivity contribution in [1.82, 2.24) is 4.90 Å². The van der Waals surface area contributed by atoms with Crippen molar-refractivity contribution in [1.29, 1.82) is 0 Å². The first-order valence-electron chi connectivity index (χ1n) is 6.77. The van der Waals surface area contributed by atoms with Crippen molar-refractivity contribution < 1.29 is 9.53 Å². The molecular weight excluding hydrogens is 226 g/mol. The second-order valence-corrected chi connectivity index (χ2v) is 6.02. The highest BCUT2D eigenvalue weighted by Gasteiger charge is 2.24. The van der Waals surface area contributed by atoms with Crippen LogP contribution in [-0.4, -0.2) is 37.1 Å². The number of morpholine rings is 1. The van der Waals surface area contributed by atoms with E-state index < -0.39 is 0 Å². The highest BCUT2D eigenvalue weighted by Crippen LogP contribution is 2.33. The standard InChI is InChI=1S/C15H23NO2/c1-15(2,3)13-6-4-5-12(11-13)14(17)16-7-9-18-10-8-16/h5,11H,4,6-10H2,1-3H3. The predicted octanol–water partition coefficient (Wildman–Crippen LogP) is 2.54. The van der Waals surface area contributed by atoms with Crippen molar-refractivity contribution in [2.24, 2.45) is 5.41 Å². The minimum atomic E-state index is 0.158. The van der Waals surface area contributed by atoms with Crippen LogP contribution >= 0.6 is 0 Å². The Labute approximate surface area is 109 Å². The number of amides is 1. The monoisotopic (exact) mass is 249 g/mol. The average molecular weight is 249 g/mol. The fourth-order valence-corrected chi connectivity index (χ4v) is 2.39. The van der Waals surface area contributed by atoms with Gasteiger partial charge >= 0.3 is 0 Å². The Morgan fingerprint density at radius 1 is 1.28 bits per heavy atom. The van der Waals surface area contributed by atoms with Gasteiger partial charge in [0, 0.05) is 18.7 Å². The van der Waals surface area contributed by atoms with E-state index in [1.54, 1.807) is 0 Å². The molecule has 1 aliphatic heterocycles. The summed E-state index contributed by atoms with van der Waals surface area (Å²) in [6.07, 6.45) is 6.23. The largest absolute Gasteiger partial charge is 0.378 e. The van der Waals surface area contributed by atoms with Crippen LogP contribution in [0.15, 0.2) is 23.3 Å². The van der Waals surface area contributed by atoms with Gasteiger partial charge < -0.3 is 9.64 Å². The Kier molecular flexibility index (Phi) is 3.91. The SMILES string of the molecule is CC(C)(C)C1=CC(C(=O)N2CCOCC2)=CCC1. The zero-order valence-electron chi connectivity index (χ0n) is 11.7. The van der Waals surface area contributed by atoms with Crippen molar-refractivity contribution >= 4 is 5.91 Å². The van der Waals surface area contributed by atoms with Crippen LogP contribution in [-0.2, 0) is 9.53 Å². The van der Waals surface area contributed by atoms with Gasteiger partial charge in [0.25, 0.3) is 5.91 Å². The van der Waals surface area contributed by atoms with Crippen molar-refractivity contribution in [3.8, 4) is 0 Å². The van der Waals surface area contributed by atoms with Crippen LogP contribution in [0, 0.1) is 5.41 Å². The molecule has 0 spiro atoms. The summed E-state index contributed by atoms with van der Waals surface area (Å²) in [6, 6.07) is 0. The molecule has 1 saturated heterocycles. The molecule has 0 bridgehead atoms. The van der Waals surface area contributed by atoms with Gasteiger partial charge in [-0.25, -0.2) is 0 Å². The first kappa shape index (κ1) is 13.3. The van der Waals surface area contributed by atoms with E-state index in [0.29, 0.717) is 13.2 Å². The van der Waals surface area contributed by atoms with Gasteiger partial charge in [0.05, 0.1) is 13.2 Å². The van der Waals surface area contributed by atoms with Gasteiger partial charge in [-0.3, -0.25) is 4.79 Å². The molecule has 0 aromatic carbocycles. The van der Waals surface area contributed by atoms with Gasteiger partial charge in [-0.2, -0.15) is 0 Å². The lowest BCUT2D eigenvalue weighted by atomic mass is 9.80. The van der Waals surface area contributed by atoms with Gasteiger partial charge in [0.1, 0.15) is 0 Å². The average Bonchev–Trinajstić information content (AvgIpc) is 2.38. The second kappa shape index (κ2) is 5.27. The Balaban J connectivity index is 2.10. The molecule has 0 atom stereocenters. The molecule has 0 unspecified atom stereocenters. The maximum Gasteiger partial charge on any atom is 0.253 e. The van der Waals surface area contributed by atoms with Crippen LogP contribution in [0.5, 0.6) is 0 Å². The normalized spacial score (nSPS) is 21.4. The summed E-state index contributed by atoms with van der Waals surface area (Å²) in [5.74, 6) is 0.166. The van der Waals surface area contributed by atoms with E-state index in [-0.39, 0.29) is 11.3 Å². The molecule has 3 heteroatoms. The van der Waals surface area contributed by atoms with Crippen molar-refractivity contribution in [2.45, 2.75) is 33.6 Å². The number of carbonyl (C=O) groups is 1. The molecular formula is C15H23NO2. The minimum absolute atomic E-state index is 0.158. The molecule has 0 aromatic rings. The number of rotatable bonds is 1. The molecule has 0 aromatic heterocycles. The van der Waals surface area contributed by atoms with Gasteiger partial charge in [-0.1, -0.05) is 38.5 Å². The number of allylic oxidation sites excluding steroid dienone is 2. The highest BCUT2D eigenvalue weighted by molar-refractivity contribution is 5.96. The number of carbonyl (C=O) groups excluding carboxylic acids is 1. The summed E-state index contributed by atoms with van der Waals surface area (Å²) >= 11 is 0. The lowest BCUT2D eigenvalue weighted by molar-refractivity contribution is -0.130. The minimum Gasteiger partial charge on any atom is -0.378 e. The zero-order valence-corrected chi connectivity index (χ0v) is 11.7. The number of hydrogen-bond donors (Lipinski definition) is 0. The van der Waals surface area contributed by atoms with E-state index in [9.17, 15) is 4.79 Å². The molecule has 0 saturated carbocycles. The quantitative estimate of drug-likeness (QED) is 0.714. The van der Waals surface area contributed by atoms with Crippen molar-refractivity contribution in [3.63, 3.8) is 0 Å². The Morgan fingerprint density at radius 3 is 2.56 bits per heavy atom. The molecule has 3 nitrogen and oxygen atoms in total. The summed E-state index contributed by atoms with van der Waals surface area (Å²) in [4.78, 5) is 14.3. The van der Waals surface area contributed by atoms with Gasteiger partial charge in [0.15, 0.2) is 0 Å². The number of ether oxygens (including phenoxy) is 1. The molecule has 2 rings (SSSR count). The van der Waals surface area contributed by atoms with Crippen LogP contribution in [0.4, 0.5) is 0 Å². The van der Waals surface area contributed by atoms with Crippen LogP contribution in [0.25, 0.3) is 0 Å². The molecule has 0 N–H and O–H groups in total. The summed E-state index contributed by atoms with van der Waals surface area (Å²) in [5, 5.41) is 0. The molecule has 2 aliphatic rings. The third-order valence-electron chi connectivity index (χ3n) is 3.62. The summed E-state index contributed by atoms with van der Waals surface area (Å²) in [6.45, 7) is 9.39. The molecule has 100 valence electrons. The number of nitrogens with zero attached hydrogens (tertiary/aromatic N) is 1. The lowest BCUT2D eigenvalue weighted by Gasteiger charge is -2.30. The molecule has 1 fully saturated rings. The van der Waals surface area contributed by atoms with E-state index >= 15 is 0 Å². The fraction of sp³-hybridized carbons (Fsp3) is 0.667. The van der Waals surface area contributed by atoms with Gasteiger partial charge in [0.2, 0.25) is 0 Å². The Bertz CT molecular complexity index is 382. The predicted molar refractivity (Wildman–Crippen MR) is 72.3 cm³/mol. The smallest absolute Gasteiger partial charge is 0.253 e. The van der Waals surface area contributed by atoms with E-state index in [1.807, 2.05) is 4.90 Å². The zero-order chi connectivity index (χ0) is 13.2. The Hall–Kier alpha value is -1.09. The fourth-order valence-electron chi connectivity index (χ4n) is 2.39. The molecule has 18 heavy (non-hydrogen) atoms. The maximum absolute atomic E-state index is 12.4. The molecule has 1 heterocycles. The first-order chi connectivity index (χ1) is 8.48. The summed E-state index contributed by atoms with van der Waals surface area (Å²) < 4.78 is 5.28. The van der Waals surface area contributed by atoms with Crippen LogP contribution in [0.3, 0.4) is 0 Å². The molecule has 1 aliphatic carbocycles. The third-order valence-corrected chi connectivity index (χ3v) is 3.62. The Morgan fingerprint density at radius 2 is 1.94 bits per heavy atom. The highest BCUT2D eigenvalue weighted by atomic mass is 16.5. The summed E-state index contributed by atoms with van der Waals surface area (Å²) in [7, 11) is 0. The maximum atomic E-state index is 12.4. The van der Waals surface area contributed by atoms with Gasteiger partial charge in [-0.05, 0) is 18.3 Å². The van der Waals surface area contributed by atoms with Crippen molar-refractivity contribution in [3.05, 3.63) is 23.3 Å². The molecule has 1 amide bonds. The van der Waals surface area contributed by atoms with Gasteiger partial charge in [-0.15, -0.1) is 0 Å².